The number of methoxy groups -OCH3 is 1. The maximum Gasteiger partial charge on any atom is 0.410 e. The number of amides is 2. The van der Waals surface area contributed by atoms with Crippen molar-refractivity contribution in [1.29, 1.82) is 0 Å². The number of hydrogen-bond acceptors (Lipinski definition) is 7. The van der Waals surface area contributed by atoms with Gasteiger partial charge in [0.25, 0.3) is 0 Å². The fourth-order valence-corrected chi connectivity index (χ4v) is 8.05. The van der Waals surface area contributed by atoms with E-state index < -0.39 is 17.6 Å². The third kappa shape index (κ3) is 9.46. The lowest BCUT2D eigenvalue weighted by Gasteiger charge is -2.40. The number of aryl methyl sites for hydroxylation is 1. The van der Waals surface area contributed by atoms with Crippen LogP contribution in [0.15, 0.2) is 48.7 Å². The van der Waals surface area contributed by atoms with Gasteiger partial charge >= 0.3 is 6.09 Å². The molecule has 1 saturated carbocycles. The summed E-state index contributed by atoms with van der Waals surface area (Å²) in [4.78, 5) is 38.8. The minimum Gasteiger partial charge on any atom is -0.485 e. The molecule has 3 aromatic rings. The third-order valence-corrected chi connectivity index (χ3v) is 10.9. The summed E-state index contributed by atoms with van der Waals surface area (Å²) in [5.74, 6) is 0.777. The molecule has 0 bridgehead atoms. The average molecular weight is 772 g/mol. The van der Waals surface area contributed by atoms with Gasteiger partial charge < -0.3 is 28.9 Å². The molecule has 2 amide bonds. The van der Waals surface area contributed by atoms with E-state index in [0.717, 1.165) is 60.3 Å². The van der Waals surface area contributed by atoms with E-state index in [1.54, 1.807) is 12.0 Å². The topological polar surface area (TPSA) is 84.4 Å². The van der Waals surface area contributed by atoms with Crippen LogP contribution in [-0.4, -0.2) is 84.4 Å². The predicted molar refractivity (Wildman–Crippen MR) is 206 cm³/mol. The zero-order valence-electron chi connectivity index (χ0n) is 30.7. The van der Waals surface area contributed by atoms with Crippen molar-refractivity contribution < 1.29 is 23.8 Å². The van der Waals surface area contributed by atoms with Crippen molar-refractivity contribution >= 4 is 52.6 Å². The molecule has 2 aromatic carbocycles. The Balaban J connectivity index is 1.20. The minimum atomic E-state index is -0.643. The Hall–Kier alpha value is -3.24. The van der Waals surface area contributed by atoms with Gasteiger partial charge in [0.2, 0.25) is 5.91 Å². The zero-order chi connectivity index (χ0) is 37.2. The number of piperidine rings is 1. The van der Waals surface area contributed by atoms with Gasteiger partial charge in [0.15, 0.2) is 5.75 Å². The first-order valence-corrected chi connectivity index (χ1v) is 19.3. The van der Waals surface area contributed by atoms with E-state index in [-0.39, 0.29) is 30.5 Å². The van der Waals surface area contributed by atoms with Crippen molar-refractivity contribution in [2.24, 2.45) is 5.92 Å². The second-order valence-corrected chi connectivity index (χ2v) is 16.5. The summed E-state index contributed by atoms with van der Waals surface area (Å²) in [6.07, 6.45) is 5.47. The van der Waals surface area contributed by atoms with Gasteiger partial charge in [-0.2, -0.15) is 0 Å². The second kappa shape index (κ2) is 16.4. The molecule has 0 unspecified atom stereocenters. The number of carbonyl (C=O) groups is 2. The van der Waals surface area contributed by atoms with Gasteiger partial charge in [-0.1, -0.05) is 53.0 Å². The quantitative estimate of drug-likeness (QED) is 0.193. The van der Waals surface area contributed by atoms with Gasteiger partial charge in [-0.3, -0.25) is 4.79 Å². The molecule has 1 aromatic heterocycles. The van der Waals surface area contributed by atoms with Crippen LogP contribution in [0.3, 0.4) is 0 Å². The second-order valence-electron chi connectivity index (χ2n) is 15.3. The van der Waals surface area contributed by atoms with Gasteiger partial charge in [0.05, 0.1) is 29.1 Å². The monoisotopic (exact) mass is 770 g/mol. The summed E-state index contributed by atoms with van der Waals surface area (Å²) in [5, 5.41) is 1.65. The van der Waals surface area contributed by atoms with Crippen LogP contribution in [0.4, 0.5) is 10.6 Å². The predicted octanol–water partition coefficient (Wildman–Crippen LogP) is 8.73. The summed E-state index contributed by atoms with van der Waals surface area (Å²) < 4.78 is 17.3. The molecule has 3 heterocycles. The molecule has 9 nitrogen and oxygen atoms in total. The molecule has 3 atom stereocenters. The lowest BCUT2D eigenvalue weighted by Crippen LogP contribution is -2.51. The first-order valence-electron chi connectivity index (χ1n) is 18.2. The van der Waals surface area contributed by atoms with E-state index in [4.69, 9.17) is 54.0 Å². The highest BCUT2D eigenvalue weighted by molar-refractivity contribution is 6.37. The number of anilines is 1. The Morgan fingerprint density at radius 3 is 2.35 bits per heavy atom. The lowest BCUT2D eigenvalue weighted by atomic mass is 9.80. The first-order chi connectivity index (χ1) is 24.8. The molecule has 1 aliphatic carbocycles. The molecule has 6 rings (SSSR count). The minimum absolute atomic E-state index is 0.0242. The average Bonchev–Trinajstić information content (AvgIpc) is 3.84. The summed E-state index contributed by atoms with van der Waals surface area (Å²) in [5.41, 5.74) is 3.34. The van der Waals surface area contributed by atoms with Gasteiger partial charge in [0, 0.05) is 62.9 Å². The van der Waals surface area contributed by atoms with Crippen LogP contribution < -0.4 is 9.64 Å². The molecular weight excluding hydrogens is 723 g/mol. The summed E-state index contributed by atoms with van der Waals surface area (Å²) in [6.45, 7) is 10.7. The van der Waals surface area contributed by atoms with Crippen LogP contribution >= 0.6 is 34.8 Å². The molecule has 2 aliphatic heterocycles. The molecule has 0 N–H and O–H groups in total. The fourth-order valence-electron chi connectivity index (χ4n) is 7.19. The van der Waals surface area contributed by atoms with E-state index in [1.165, 1.54) is 0 Å². The molecule has 280 valence electrons. The van der Waals surface area contributed by atoms with E-state index in [1.807, 2.05) is 69.1 Å². The number of rotatable bonds is 11. The van der Waals surface area contributed by atoms with Crippen molar-refractivity contribution in [2.45, 2.75) is 90.0 Å². The molecule has 52 heavy (non-hydrogen) atoms. The van der Waals surface area contributed by atoms with Crippen molar-refractivity contribution in [1.82, 2.24) is 14.8 Å². The fraction of sp³-hybridized carbons (Fsp3) is 0.525. The Kier molecular flexibility index (Phi) is 12.1. The van der Waals surface area contributed by atoms with Crippen LogP contribution in [0, 0.1) is 12.8 Å². The number of hydrogen-bond donors (Lipinski definition) is 0. The first kappa shape index (κ1) is 38.5. The molecule has 0 radical (unpaired) electrons. The number of halogens is 3. The number of benzene rings is 2. The van der Waals surface area contributed by atoms with Gasteiger partial charge in [-0.25, -0.2) is 9.78 Å². The molecular formula is C40H49Cl3N4O5. The van der Waals surface area contributed by atoms with Crippen LogP contribution in [0.1, 0.15) is 74.6 Å². The Labute approximate surface area is 322 Å². The summed E-state index contributed by atoms with van der Waals surface area (Å²) in [7, 11) is 1.69. The van der Waals surface area contributed by atoms with Crippen LogP contribution in [0.5, 0.6) is 5.75 Å². The maximum absolute atomic E-state index is 14.7. The van der Waals surface area contributed by atoms with Crippen LogP contribution in [0.25, 0.3) is 0 Å². The van der Waals surface area contributed by atoms with Gasteiger partial charge in [-0.15, -0.1) is 0 Å². The third-order valence-electron chi connectivity index (χ3n) is 9.99. The molecule has 0 spiro atoms. The summed E-state index contributed by atoms with van der Waals surface area (Å²) >= 11 is 19.6. The van der Waals surface area contributed by atoms with Crippen LogP contribution in [-0.2, 0) is 27.2 Å². The summed E-state index contributed by atoms with van der Waals surface area (Å²) in [6, 6.07) is 13.9. The smallest absolute Gasteiger partial charge is 0.410 e. The Morgan fingerprint density at radius 1 is 0.942 bits per heavy atom. The lowest BCUT2D eigenvalue weighted by molar-refractivity contribution is -0.139. The van der Waals surface area contributed by atoms with E-state index >= 15 is 0 Å². The molecule has 2 saturated heterocycles. The van der Waals surface area contributed by atoms with Gasteiger partial charge in [0.1, 0.15) is 17.5 Å². The molecule has 12 heteroatoms. The zero-order valence-corrected chi connectivity index (χ0v) is 32.9. The van der Waals surface area contributed by atoms with Crippen molar-refractivity contribution in [3.63, 3.8) is 0 Å². The van der Waals surface area contributed by atoms with Crippen molar-refractivity contribution in [2.75, 3.05) is 44.8 Å². The Morgan fingerprint density at radius 2 is 1.69 bits per heavy atom. The largest absolute Gasteiger partial charge is 0.485 e. The standard InChI is InChI=1S/C40H49Cl3N4O5/c1-25-18-34(42)37(35(43)19-25)51-30-12-15-45(23-30)36-11-7-27(21-44-36)31-13-16-46(39(49)52-40(2,3)4)24-32(31)38(48)47(29-8-9-29)22-28-20-26(14-17-50-5)6-10-33(28)41/h6-7,10-11,18-21,29-32H,8-9,12-17,22-24H2,1-5H3/t30-,31-,32+/m1/s1. The number of aromatic nitrogens is 1. The highest BCUT2D eigenvalue weighted by atomic mass is 35.5. The SMILES string of the molecule is COCCc1ccc(Cl)c(CN(C(=O)[C@H]2CN(C(=O)OC(C)(C)C)CC[C@@H]2c2ccc(N3CC[C@@H](Oc4c(Cl)cc(C)cc4Cl)C3)nc2)C2CC2)c1. The van der Waals surface area contributed by atoms with Crippen LogP contribution in [0.2, 0.25) is 15.1 Å². The van der Waals surface area contributed by atoms with Crippen molar-refractivity contribution in [3.8, 4) is 5.75 Å². The number of carbonyl (C=O) groups excluding carboxylic acids is 2. The van der Waals surface area contributed by atoms with E-state index in [0.29, 0.717) is 53.5 Å². The van der Waals surface area contributed by atoms with Gasteiger partial charge in [-0.05, 0) is 99.9 Å². The molecule has 3 fully saturated rings. The highest BCUT2D eigenvalue weighted by Crippen LogP contribution is 2.40. The molecule has 3 aliphatic rings. The van der Waals surface area contributed by atoms with Crippen molar-refractivity contribution in [3.05, 3.63) is 86.0 Å². The Bertz CT molecular complexity index is 1720. The number of nitrogens with zero attached hydrogens (tertiary/aromatic N) is 4. The normalized spacial score (nSPS) is 20.6. The van der Waals surface area contributed by atoms with E-state index in [9.17, 15) is 9.59 Å². The number of likely N-dealkylation sites (tertiary alicyclic amines) is 1. The highest BCUT2D eigenvalue weighted by Gasteiger charge is 2.43. The number of ether oxygens (including phenoxy) is 3. The van der Waals surface area contributed by atoms with E-state index in [2.05, 4.69) is 17.0 Å². The number of pyridine rings is 1. The maximum atomic E-state index is 14.7.